The molecule has 1 aliphatic heterocycles. The van der Waals surface area contributed by atoms with E-state index in [1.165, 1.54) is 93.3 Å². The first-order valence-corrected chi connectivity index (χ1v) is 10.3. The number of nitrogens with zero attached hydrogens (tertiary/aromatic N) is 3. The van der Waals surface area contributed by atoms with Gasteiger partial charge < -0.3 is 4.90 Å². The van der Waals surface area contributed by atoms with Crippen molar-refractivity contribution >= 4 is 27.4 Å². The molecule has 0 bridgehead atoms. The van der Waals surface area contributed by atoms with Gasteiger partial charge in [-0.3, -0.25) is 0 Å². The van der Waals surface area contributed by atoms with Crippen LogP contribution in [-0.2, 0) is 12.8 Å². The molecule has 1 saturated heterocycles. The van der Waals surface area contributed by atoms with E-state index in [9.17, 15) is 0 Å². The van der Waals surface area contributed by atoms with Crippen molar-refractivity contribution in [2.45, 2.75) is 70.1 Å². The van der Waals surface area contributed by atoms with Crippen molar-refractivity contribution in [3.8, 4) is 0 Å². The van der Waals surface area contributed by atoms with Gasteiger partial charge in [0.25, 0.3) is 0 Å². The number of aromatic nitrogens is 2. The highest BCUT2D eigenvalue weighted by atomic mass is 32.1. The molecular formula is C19H25N3S. The van der Waals surface area contributed by atoms with Crippen molar-refractivity contribution in [1.82, 2.24) is 9.97 Å². The van der Waals surface area contributed by atoms with Crippen molar-refractivity contribution in [1.29, 1.82) is 0 Å². The molecule has 0 N–H and O–H groups in total. The van der Waals surface area contributed by atoms with E-state index in [0.717, 1.165) is 5.82 Å². The molecular weight excluding hydrogens is 302 g/mol. The lowest BCUT2D eigenvalue weighted by Crippen LogP contribution is -2.30. The topological polar surface area (TPSA) is 29.0 Å². The highest BCUT2D eigenvalue weighted by Crippen LogP contribution is 2.44. The molecule has 2 fully saturated rings. The fourth-order valence-electron chi connectivity index (χ4n) is 4.19. The van der Waals surface area contributed by atoms with Crippen molar-refractivity contribution < 1.29 is 0 Å². The summed E-state index contributed by atoms with van der Waals surface area (Å²) in [5.41, 5.74) is 1.60. The molecule has 23 heavy (non-hydrogen) atoms. The Hall–Kier alpha value is -1.16. The molecule has 0 aromatic carbocycles. The van der Waals surface area contributed by atoms with Gasteiger partial charge in [-0.2, -0.15) is 0 Å². The summed E-state index contributed by atoms with van der Waals surface area (Å²) in [6.07, 6.45) is 13.1. The molecule has 3 aliphatic rings. The third-order valence-corrected chi connectivity index (χ3v) is 6.85. The summed E-state index contributed by atoms with van der Waals surface area (Å²) < 4.78 is 0. The van der Waals surface area contributed by atoms with E-state index in [-0.39, 0.29) is 0 Å². The highest BCUT2D eigenvalue weighted by molar-refractivity contribution is 7.19. The number of hydrogen-bond acceptors (Lipinski definition) is 4. The minimum absolute atomic E-state index is 0.643. The first kappa shape index (κ1) is 14.2. The fourth-order valence-corrected chi connectivity index (χ4v) is 5.45. The smallest absolute Gasteiger partial charge is 0.141 e. The second-order valence-electron chi connectivity index (χ2n) is 7.47. The Kier molecular flexibility index (Phi) is 3.54. The number of piperidine rings is 1. The number of hydrogen-bond donors (Lipinski definition) is 0. The molecule has 0 amide bonds. The third kappa shape index (κ3) is 2.55. The van der Waals surface area contributed by atoms with Crippen LogP contribution in [0.1, 0.15) is 73.5 Å². The Bertz CT molecular complexity index is 726. The molecule has 2 aromatic heterocycles. The predicted octanol–water partition coefficient (Wildman–Crippen LogP) is 4.83. The van der Waals surface area contributed by atoms with Crippen LogP contribution in [0.3, 0.4) is 0 Å². The molecule has 0 spiro atoms. The van der Waals surface area contributed by atoms with Crippen molar-refractivity contribution in [3.63, 3.8) is 0 Å². The van der Waals surface area contributed by atoms with Gasteiger partial charge in [0.2, 0.25) is 0 Å². The number of anilines is 1. The first-order chi connectivity index (χ1) is 11.4. The van der Waals surface area contributed by atoms with Crippen LogP contribution >= 0.6 is 11.3 Å². The van der Waals surface area contributed by atoms with Crippen LogP contribution in [0.25, 0.3) is 10.2 Å². The van der Waals surface area contributed by atoms with Gasteiger partial charge in [-0.1, -0.05) is 6.42 Å². The van der Waals surface area contributed by atoms with Crippen molar-refractivity contribution in [2.75, 3.05) is 18.0 Å². The van der Waals surface area contributed by atoms with E-state index >= 15 is 0 Å². The van der Waals surface area contributed by atoms with E-state index in [1.54, 1.807) is 10.4 Å². The lowest BCUT2D eigenvalue weighted by molar-refractivity contribution is 0.573. The van der Waals surface area contributed by atoms with Crippen LogP contribution in [0.15, 0.2) is 0 Å². The normalized spacial score (nSPS) is 22.2. The molecule has 0 atom stereocenters. The van der Waals surface area contributed by atoms with E-state index in [4.69, 9.17) is 9.97 Å². The largest absolute Gasteiger partial charge is 0.356 e. The van der Waals surface area contributed by atoms with Gasteiger partial charge in [0.05, 0.1) is 5.39 Å². The number of aryl methyl sites for hydroxylation is 2. The quantitative estimate of drug-likeness (QED) is 0.740. The minimum atomic E-state index is 0.643. The predicted molar refractivity (Wildman–Crippen MR) is 96.7 cm³/mol. The monoisotopic (exact) mass is 327 g/mol. The zero-order valence-electron chi connectivity index (χ0n) is 13.8. The summed E-state index contributed by atoms with van der Waals surface area (Å²) in [5.74, 6) is 3.07. The van der Waals surface area contributed by atoms with Gasteiger partial charge in [0.1, 0.15) is 16.5 Å². The zero-order chi connectivity index (χ0) is 15.2. The molecule has 3 nitrogen and oxygen atoms in total. The van der Waals surface area contributed by atoms with Crippen LogP contribution in [0.5, 0.6) is 0 Å². The maximum Gasteiger partial charge on any atom is 0.141 e. The Morgan fingerprint density at radius 3 is 2.48 bits per heavy atom. The maximum atomic E-state index is 5.12. The van der Waals surface area contributed by atoms with E-state index in [2.05, 4.69) is 4.90 Å². The minimum Gasteiger partial charge on any atom is -0.356 e. The van der Waals surface area contributed by atoms with Crippen LogP contribution in [0.2, 0.25) is 0 Å². The molecule has 2 aliphatic carbocycles. The van der Waals surface area contributed by atoms with Gasteiger partial charge in [0.15, 0.2) is 0 Å². The molecule has 0 radical (unpaired) electrons. The van der Waals surface area contributed by atoms with E-state index in [0.29, 0.717) is 5.92 Å². The molecule has 0 unspecified atom stereocenters. The molecule has 122 valence electrons. The average Bonchev–Trinajstić information content (AvgIpc) is 3.40. The third-order valence-electron chi connectivity index (χ3n) is 5.66. The molecule has 1 saturated carbocycles. The van der Waals surface area contributed by atoms with Crippen LogP contribution in [-0.4, -0.2) is 23.1 Å². The van der Waals surface area contributed by atoms with Crippen molar-refractivity contribution in [3.05, 3.63) is 16.3 Å². The summed E-state index contributed by atoms with van der Waals surface area (Å²) in [5, 5.41) is 1.43. The fraction of sp³-hybridized carbons (Fsp3) is 0.684. The van der Waals surface area contributed by atoms with Crippen LogP contribution in [0, 0.1) is 0 Å². The summed E-state index contributed by atoms with van der Waals surface area (Å²) in [4.78, 5) is 15.6. The van der Waals surface area contributed by atoms with E-state index in [1.807, 2.05) is 11.3 Å². The van der Waals surface area contributed by atoms with Crippen LogP contribution < -0.4 is 4.90 Å². The maximum absolute atomic E-state index is 5.12. The second-order valence-corrected chi connectivity index (χ2v) is 8.56. The highest BCUT2D eigenvalue weighted by Gasteiger charge is 2.30. The number of fused-ring (bicyclic) bond motifs is 3. The standard InChI is InChI=1S/C19H25N3S/c1-3-7-14-15(8-4-1)23-19-16(14)18(22-11-5-2-6-12-22)20-17(21-19)13-9-10-13/h13H,1-12H2. The Morgan fingerprint density at radius 1 is 0.870 bits per heavy atom. The SMILES string of the molecule is C1CCc2sc3nc(C4CC4)nc(N4CCCCC4)c3c2CC1. The summed E-state index contributed by atoms with van der Waals surface area (Å²) in [6, 6.07) is 0. The first-order valence-electron chi connectivity index (χ1n) is 9.47. The molecule has 5 rings (SSSR count). The number of thiophene rings is 1. The Morgan fingerprint density at radius 2 is 1.65 bits per heavy atom. The Labute approximate surface area is 142 Å². The molecule has 4 heteroatoms. The van der Waals surface area contributed by atoms with E-state index < -0.39 is 0 Å². The van der Waals surface area contributed by atoms with Gasteiger partial charge in [-0.15, -0.1) is 11.3 Å². The molecule has 3 heterocycles. The number of rotatable bonds is 2. The van der Waals surface area contributed by atoms with Gasteiger partial charge in [-0.25, -0.2) is 9.97 Å². The van der Waals surface area contributed by atoms with Gasteiger partial charge >= 0.3 is 0 Å². The average molecular weight is 327 g/mol. The van der Waals surface area contributed by atoms with Gasteiger partial charge in [-0.05, 0) is 63.4 Å². The van der Waals surface area contributed by atoms with Crippen LogP contribution in [0.4, 0.5) is 5.82 Å². The Balaban J connectivity index is 1.69. The van der Waals surface area contributed by atoms with Crippen molar-refractivity contribution in [2.24, 2.45) is 0 Å². The lowest BCUT2D eigenvalue weighted by atomic mass is 10.1. The molecule has 2 aromatic rings. The second kappa shape index (κ2) is 5.73. The summed E-state index contributed by atoms with van der Waals surface area (Å²) in [6.45, 7) is 2.36. The van der Waals surface area contributed by atoms with Gasteiger partial charge in [0, 0.05) is 23.9 Å². The summed E-state index contributed by atoms with van der Waals surface area (Å²) in [7, 11) is 0. The summed E-state index contributed by atoms with van der Waals surface area (Å²) >= 11 is 1.97. The lowest BCUT2D eigenvalue weighted by Gasteiger charge is -2.29. The zero-order valence-corrected chi connectivity index (χ0v) is 14.6.